The van der Waals surface area contributed by atoms with Gasteiger partial charge >= 0.3 is 0 Å². The molecule has 0 heterocycles. The molecule has 19 heavy (non-hydrogen) atoms. The van der Waals surface area contributed by atoms with Crippen LogP contribution < -0.4 is 5.32 Å². The van der Waals surface area contributed by atoms with E-state index in [0.717, 1.165) is 12.8 Å². The van der Waals surface area contributed by atoms with E-state index in [1.54, 1.807) is 0 Å². The van der Waals surface area contributed by atoms with Crippen LogP contribution in [-0.2, 0) is 12.8 Å². The van der Waals surface area contributed by atoms with Gasteiger partial charge in [0.1, 0.15) is 0 Å². The number of hydrogen-bond acceptors (Lipinski definition) is 1. The molecule has 1 nitrogen and oxygen atoms in total. The van der Waals surface area contributed by atoms with E-state index in [1.165, 1.54) is 33.6 Å². The predicted octanol–water partition coefficient (Wildman–Crippen LogP) is 5.17. The molecular formula is C18H23N. The van der Waals surface area contributed by atoms with Crippen molar-refractivity contribution in [1.82, 2.24) is 0 Å². The summed E-state index contributed by atoms with van der Waals surface area (Å²) in [5.74, 6) is 0. The fraction of sp³-hybridized carbons (Fsp3) is 0.333. The van der Waals surface area contributed by atoms with Gasteiger partial charge in [-0.25, -0.2) is 0 Å². The first-order valence-electron chi connectivity index (χ1n) is 7.09. The van der Waals surface area contributed by atoms with E-state index in [-0.39, 0.29) is 0 Å². The zero-order chi connectivity index (χ0) is 13.8. The number of benzene rings is 2. The number of rotatable bonds is 4. The third-order valence-electron chi connectivity index (χ3n) is 3.66. The lowest BCUT2D eigenvalue weighted by Crippen LogP contribution is -1.95. The zero-order valence-corrected chi connectivity index (χ0v) is 12.4. The summed E-state index contributed by atoms with van der Waals surface area (Å²) in [6.45, 7) is 8.70. The van der Waals surface area contributed by atoms with Crippen LogP contribution in [0.2, 0.25) is 0 Å². The first-order chi connectivity index (χ1) is 9.12. The van der Waals surface area contributed by atoms with Gasteiger partial charge in [-0.2, -0.15) is 0 Å². The Kier molecular flexibility index (Phi) is 4.26. The molecule has 0 bridgehead atoms. The molecule has 2 aromatic carbocycles. The van der Waals surface area contributed by atoms with Crippen LogP contribution in [0.15, 0.2) is 36.4 Å². The molecule has 0 aliphatic carbocycles. The Morgan fingerprint density at radius 2 is 1.37 bits per heavy atom. The van der Waals surface area contributed by atoms with Crippen LogP contribution in [-0.4, -0.2) is 0 Å². The summed E-state index contributed by atoms with van der Waals surface area (Å²) in [6, 6.07) is 13.3. The molecule has 0 aliphatic heterocycles. The van der Waals surface area contributed by atoms with Gasteiger partial charge in [-0.3, -0.25) is 0 Å². The van der Waals surface area contributed by atoms with Gasteiger partial charge in [0, 0.05) is 11.4 Å². The van der Waals surface area contributed by atoms with E-state index in [4.69, 9.17) is 0 Å². The van der Waals surface area contributed by atoms with E-state index in [1.807, 2.05) is 0 Å². The van der Waals surface area contributed by atoms with Crippen LogP contribution >= 0.6 is 0 Å². The standard InChI is InChI=1S/C18H23N/c1-5-15-10-16(6-2)12-18(11-15)19-17-8-7-13(3)14(4)9-17/h7-12,19H,5-6H2,1-4H3. The van der Waals surface area contributed by atoms with Gasteiger partial charge in [0.25, 0.3) is 0 Å². The van der Waals surface area contributed by atoms with Gasteiger partial charge in [-0.05, 0) is 73.2 Å². The van der Waals surface area contributed by atoms with Crippen molar-refractivity contribution in [3.63, 3.8) is 0 Å². The largest absolute Gasteiger partial charge is 0.356 e. The number of nitrogens with one attached hydrogen (secondary N) is 1. The van der Waals surface area contributed by atoms with Crippen LogP contribution in [0.1, 0.15) is 36.1 Å². The molecular weight excluding hydrogens is 230 g/mol. The van der Waals surface area contributed by atoms with Crippen LogP contribution in [0, 0.1) is 13.8 Å². The molecule has 1 N–H and O–H groups in total. The normalized spacial score (nSPS) is 10.5. The highest BCUT2D eigenvalue weighted by Crippen LogP contribution is 2.22. The first-order valence-corrected chi connectivity index (χ1v) is 7.09. The second-order valence-corrected chi connectivity index (χ2v) is 5.17. The summed E-state index contributed by atoms with van der Waals surface area (Å²) < 4.78 is 0. The smallest absolute Gasteiger partial charge is 0.0389 e. The molecule has 0 aliphatic rings. The summed E-state index contributed by atoms with van der Waals surface area (Å²) in [6.07, 6.45) is 2.16. The molecule has 0 radical (unpaired) electrons. The molecule has 2 rings (SSSR count). The topological polar surface area (TPSA) is 12.0 Å². The van der Waals surface area contributed by atoms with Crippen molar-refractivity contribution in [2.45, 2.75) is 40.5 Å². The minimum atomic E-state index is 1.08. The van der Waals surface area contributed by atoms with Crippen molar-refractivity contribution in [3.8, 4) is 0 Å². The molecule has 0 amide bonds. The van der Waals surface area contributed by atoms with Gasteiger partial charge in [0.05, 0.1) is 0 Å². The van der Waals surface area contributed by atoms with Gasteiger partial charge in [-0.15, -0.1) is 0 Å². The van der Waals surface area contributed by atoms with E-state index in [2.05, 4.69) is 69.4 Å². The van der Waals surface area contributed by atoms with Gasteiger partial charge in [0.2, 0.25) is 0 Å². The highest BCUT2D eigenvalue weighted by Gasteiger charge is 2.01. The SMILES string of the molecule is CCc1cc(CC)cc(Nc2ccc(C)c(C)c2)c1. The molecule has 2 aromatic rings. The summed E-state index contributed by atoms with van der Waals surface area (Å²) in [5, 5.41) is 3.52. The average Bonchev–Trinajstić information content (AvgIpc) is 2.42. The second-order valence-electron chi connectivity index (χ2n) is 5.17. The van der Waals surface area contributed by atoms with Crippen LogP contribution in [0.5, 0.6) is 0 Å². The highest BCUT2D eigenvalue weighted by atomic mass is 14.9. The summed E-state index contributed by atoms with van der Waals surface area (Å²) in [5.41, 5.74) is 7.81. The lowest BCUT2D eigenvalue weighted by molar-refractivity contribution is 1.09. The van der Waals surface area contributed by atoms with Crippen molar-refractivity contribution in [3.05, 3.63) is 58.7 Å². The molecule has 0 atom stereocenters. The number of hydrogen-bond donors (Lipinski definition) is 1. The molecule has 0 aromatic heterocycles. The summed E-state index contributed by atoms with van der Waals surface area (Å²) in [7, 11) is 0. The summed E-state index contributed by atoms with van der Waals surface area (Å²) in [4.78, 5) is 0. The molecule has 0 saturated carbocycles. The second kappa shape index (κ2) is 5.92. The molecule has 1 heteroatoms. The van der Waals surface area contributed by atoms with Crippen LogP contribution in [0.25, 0.3) is 0 Å². The predicted molar refractivity (Wildman–Crippen MR) is 84.4 cm³/mol. The fourth-order valence-electron chi connectivity index (χ4n) is 2.23. The average molecular weight is 253 g/mol. The van der Waals surface area contributed by atoms with Crippen LogP contribution in [0.4, 0.5) is 11.4 Å². The lowest BCUT2D eigenvalue weighted by atomic mass is 10.0. The van der Waals surface area contributed by atoms with Crippen molar-refractivity contribution in [1.29, 1.82) is 0 Å². The molecule has 0 saturated heterocycles. The highest BCUT2D eigenvalue weighted by molar-refractivity contribution is 5.62. The zero-order valence-electron chi connectivity index (χ0n) is 12.4. The quantitative estimate of drug-likeness (QED) is 0.792. The van der Waals surface area contributed by atoms with Crippen LogP contribution in [0.3, 0.4) is 0 Å². The van der Waals surface area contributed by atoms with E-state index in [0.29, 0.717) is 0 Å². The maximum Gasteiger partial charge on any atom is 0.0389 e. The number of anilines is 2. The van der Waals surface area contributed by atoms with Gasteiger partial charge in [-0.1, -0.05) is 26.0 Å². The molecule has 0 unspecified atom stereocenters. The Labute approximate surface area is 116 Å². The fourth-order valence-corrected chi connectivity index (χ4v) is 2.23. The third-order valence-corrected chi connectivity index (χ3v) is 3.66. The van der Waals surface area contributed by atoms with Gasteiger partial charge in [0.15, 0.2) is 0 Å². The third kappa shape index (κ3) is 3.37. The maximum absolute atomic E-state index is 3.52. The van der Waals surface area contributed by atoms with E-state index >= 15 is 0 Å². The van der Waals surface area contributed by atoms with Crippen molar-refractivity contribution in [2.24, 2.45) is 0 Å². The molecule has 0 spiro atoms. The van der Waals surface area contributed by atoms with Crippen molar-refractivity contribution >= 4 is 11.4 Å². The first kappa shape index (κ1) is 13.7. The molecule has 100 valence electrons. The Morgan fingerprint density at radius 1 is 0.737 bits per heavy atom. The molecule has 0 fully saturated rings. The lowest BCUT2D eigenvalue weighted by Gasteiger charge is -2.12. The van der Waals surface area contributed by atoms with Crippen molar-refractivity contribution in [2.75, 3.05) is 5.32 Å². The summed E-state index contributed by atoms with van der Waals surface area (Å²) >= 11 is 0. The maximum atomic E-state index is 3.52. The van der Waals surface area contributed by atoms with Crippen molar-refractivity contribution < 1.29 is 0 Å². The number of aryl methyl sites for hydroxylation is 4. The Balaban J connectivity index is 2.29. The van der Waals surface area contributed by atoms with E-state index < -0.39 is 0 Å². The van der Waals surface area contributed by atoms with E-state index in [9.17, 15) is 0 Å². The Bertz CT molecular complexity index is 548. The van der Waals surface area contributed by atoms with Gasteiger partial charge < -0.3 is 5.32 Å². The monoisotopic (exact) mass is 253 g/mol. The Hall–Kier alpha value is -1.76. The minimum Gasteiger partial charge on any atom is -0.356 e. The Morgan fingerprint density at radius 3 is 1.89 bits per heavy atom. The minimum absolute atomic E-state index is 1.08.